The van der Waals surface area contributed by atoms with Gasteiger partial charge in [0, 0.05) is 24.2 Å². The molecule has 1 amide bonds. The molecule has 0 bridgehead atoms. The molecule has 0 saturated heterocycles. The number of anilines is 4. The van der Waals surface area contributed by atoms with E-state index in [1.165, 1.54) is 25.0 Å². The SMILES string of the molecule is CC1CC(=O)Nc2cnc(Nc3ccc(C(=O)O)cc3)nc2N1C1CCCC1. The average Bonchev–Trinajstić information content (AvgIpc) is 3.14. The summed E-state index contributed by atoms with van der Waals surface area (Å²) in [6, 6.07) is 6.85. The number of rotatable bonds is 4. The zero-order chi connectivity index (χ0) is 19.7. The molecule has 1 unspecified atom stereocenters. The van der Waals surface area contributed by atoms with Gasteiger partial charge in [0.1, 0.15) is 5.69 Å². The molecule has 1 saturated carbocycles. The van der Waals surface area contributed by atoms with E-state index in [0.29, 0.717) is 29.8 Å². The number of hydrogen-bond acceptors (Lipinski definition) is 6. The summed E-state index contributed by atoms with van der Waals surface area (Å²) in [5.41, 5.74) is 1.55. The van der Waals surface area contributed by atoms with Crippen LogP contribution in [0.3, 0.4) is 0 Å². The molecule has 1 aliphatic heterocycles. The fourth-order valence-electron chi connectivity index (χ4n) is 4.04. The molecule has 146 valence electrons. The molecule has 0 spiro atoms. The summed E-state index contributed by atoms with van der Waals surface area (Å²) in [6.07, 6.45) is 6.64. The number of carboxylic acids is 1. The van der Waals surface area contributed by atoms with Crippen LogP contribution in [0.1, 0.15) is 49.4 Å². The van der Waals surface area contributed by atoms with E-state index in [2.05, 4.69) is 27.4 Å². The van der Waals surface area contributed by atoms with Gasteiger partial charge in [0.25, 0.3) is 0 Å². The molecule has 4 rings (SSSR count). The van der Waals surface area contributed by atoms with Gasteiger partial charge < -0.3 is 20.6 Å². The average molecular weight is 381 g/mol. The highest BCUT2D eigenvalue weighted by molar-refractivity contribution is 5.96. The maximum Gasteiger partial charge on any atom is 0.335 e. The van der Waals surface area contributed by atoms with Gasteiger partial charge in [-0.05, 0) is 44.0 Å². The van der Waals surface area contributed by atoms with Gasteiger partial charge in [-0.3, -0.25) is 4.79 Å². The molecule has 1 fully saturated rings. The summed E-state index contributed by atoms with van der Waals surface area (Å²) in [6.45, 7) is 2.06. The summed E-state index contributed by atoms with van der Waals surface area (Å²) in [5, 5.41) is 15.1. The van der Waals surface area contributed by atoms with Crippen LogP contribution in [0.15, 0.2) is 30.5 Å². The van der Waals surface area contributed by atoms with E-state index in [1.807, 2.05) is 0 Å². The number of nitrogens with zero attached hydrogens (tertiary/aromatic N) is 3. The lowest BCUT2D eigenvalue weighted by molar-refractivity contribution is -0.116. The van der Waals surface area contributed by atoms with Crippen LogP contribution >= 0.6 is 0 Å². The van der Waals surface area contributed by atoms with E-state index in [4.69, 9.17) is 10.1 Å². The minimum atomic E-state index is -0.968. The van der Waals surface area contributed by atoms with Crippen LogP contribution in [-0.2, 0) is 4.79 Å². The summed E-state index contributed by atoms with van der Waals surface area (Å²) in [5.74, 6) is 0.158. The van der Waals surface area contributed by atoms with E-state index in [-0.39, 0.29) is 17.5 Å². The Morgan fingerprint density at radius 1 is 1.25 bits per heavy atom. The van der Waals surface area contributed by atoms with Crippen molar-refractivity contribution in [2.24, 2.45) is 0 Å². The van der Waals surface area contributed by atoms with Crippen molar-refractivity contribution >= 4 is 35.0 Å². The van der Waals surface area contributed by atoms with Crippen molar-refractivity contribution in [3.8, 4) is 0 Å². The van der Waals surface area contributed by atoms with E-state index in [1.54, 1.807) is 18.3 Å². The molecule has 2 aromatic rings. The van der Waals surface area contributed by atoms with E-state index in [0.717, 1.165) is 18.7 Å². The normalized spacial score (nSPS) is 19.7. The fraction of sp³-hybridized carbons (Fsp3) is 0.400. The summed E-state index contributed by atoms with van der Waals surface area (Å²) < 4.78 is 0. The molecule has 8 heteroatoms. The third-order valence-corrected chi connectivity index (χ3v) is 5.35. The van der Waals surface area contributed by atoms with Crippen LogP contribution in [0.4, 0.5) is 23.1 Å². The third-order valence-electron chi connectivity index (χ3n) is 5.35. The molecule has 2 aliphatic rings. The maximum atomic E-state index is 12.2. The molecule has 1 aliphatic carbocycles. The number of fused-ring (bicyclic) bond motifs is 1. The lowest BCUT2D eigenvalue weighted by Crippen LogP contribution is -2.41. The van der Waals surface area contributed by atoms with Crippen molar-refractivity contribution in [3.63, 3.8) is 0 Å². The monoisotopic (exact) mass is 381 g/mol. The second-order valence-electron chi connectivity index (χ2n) is 7.39. The predicted octanol–water partition coefficient (Wildman–Crippen LogP) is 3.40. The van der Waals surface area contributed by atoms with Crippen molar-refractivity contribution in [1.29, 1.82) is 0 Å². The molecule has 28 heavy (non-hydrogen) atoms. The number of carbonyl (C=O) groups is 2. The highest BCUT2D eigenvalue weighted by Gasteiger charge is 2.33. The van der Waals surface area contributed by atoms with Crippen molar-refractivity contribution in [3.05, 3.63) is 36.0 Å². The summed E-state index contributed by atoms with van der Waals surface area (Å²) in [7, 11) is 0. The van der Waals surface area contributed by atoms with Gasteiger partial charge >= 0.3 is 5.97 Å². The number of carbonyl (C=O) groups excluding carboxylic acids is 1. The quantitative estimate of drug-likeness (QED) is 0.745. The molecule has 3 N–H and O–H groups in total. The molecular formula is C20H23N5O3. The Labute approximate surface area is 163 Å². The minimum Gasteiger partial charge on any atom is -0.478 e. The number of carboxylic acid groups (broad SMARTS) is 1. The lowest BCUT2D eigenvalue weighted by atomic mass is 10.1. The second kappa shape index (κ2) is 7.46. The van der Waals surface area contributed by atoms with Crippen molar-refractivity contribution in [2.75, 3.05) is 15.5 Å². The second-order valence-corrected chi connectivity index (χ2v) is 7.39. The van der Waals surface area contributed by atoms with Crippen LogP contribution in [0, 0.1) is 0 Å². The molecule has 8 nitrogen and oxygen atoms in total. The summed E-state index contributed by atoms with van der Waals surface area (Å²) in [4.78, 5) is 34.5. The molecule has 1 aromatic carbocycles. The van der Waals surface area contributed by atoms with Crippen molar-refractivity contribution in [1.82, 2.24) is 9.97 Å². The van der Waals surface area contributed by atoms with Gasteiger partial charge in [-0.15, -0.1) is 0 Å². The number of aromatic nitrogens is 2. The number of aromatic carboxylic acids is 1. The van der Waals surface area contributed by atoms with Gasteiger partial charge in [0.05, 0.1) is 11.8 Å². The van der Waals surface area contributed by atoms with E-state index >= 15 is 0 Å². The van der Waals surface area contributed by atoms with Crippen molar-refractivity contribution in [2.45, 2.75) is 51.1 Å². The Hall–Kier alpha value is -3.16. The van der Waals surface area contributed by atoms with Crippen LogP contribution in [0.5, 0.6) is 0 Å². The predicted molar refractivity (Wildman–Crippen MR) is 106 cm³/mol. The standard InChI is InChI=1S/C20H23N5O3/c1-12-10-17(26)23-16-11-21-20(22-14-8-6-13(7-9-14)19(27)28)24-18(16)25(12)15-4-2-3-5-15/h6-9,11-12,15H,2-5,10H2,1H3,(H,23,26)(H,27,28)(H,21,22,24). The van der Waals surface area contributed by atoms with Gasteiger partial charge in [-0.1, -0.05) is 12.8 Å². The number of benzene rings is 1. The Morgan fingerprint density at radius 3 is 2.64 bits per heavy atom. The number of nitrogens with one attached hydrogen (secondary N) is 2. The van der Waals surface area contributed by atoms with Gasteiger partial charge in [0.2, 0.25) is 11.9 Å². The smallest absolute Gasteiger partial charge is 0.335 e. The molecule has 2 heterocycles. The first-order chi connectivity index (χ1) is 13.5. The Morgan fingerprint density at radius 2 is 1.96 bits per heavy atom. The van der Waals surface area contributed by atoms with Gasteiger partial charge in [-0.2, -0.15) is 4.98 Å². The van der Waals surface area contributed by atoms with Crippen LogP contribution in [-0.4, -0.2) is 39.0 Å². The van der Waals surface area contributed by atoms with Gasteiger partial charge in [0.15, 0.2) is 5.82 Å². The Bertz CT molecular complexity index is 893. The van der Waals surface area contributed by atoms with Crippen LogP contribution in [0.25, 0.3) is 0 Å². The largest absolute Gasteiger partial charge is 0.478 e. The van der Waals surface area contributed by atoms with Crippen molar-refractivity contribution < 1.29 is 14.7 Å². The maximum absolute atomic E-state index is 12.2. The van der Waals surface area contributed by atoms with Crippen LogP contribution in [0.2, 0.25) is 0 Å². The summed E-state index contributed by atoms with van der Waals surface area (Å²) >= 11 is 0. The molecule has 0 radical (unpaired) electrons. The van der Waals surface area contributed by atoms with Crippen LogP contribution < -0.4 is 15.5 Å². The molecule has 1 aromatic heterocycles. The van der Waals surface area contributed by atoms with Gasteiger partial charge in [-0.25, -0.2) is 9.78 Å². The van der Waals surface area contributed by atoms with E-state index in [9.17, 15) is 9.59 Å². The zero-order valence-corrected chi connectivity index (χ0v) is 15.7. The lowest BCUT2D eigenvalue weighted by Gasteiger charge is -2.34. The first-order valence-corrected chi connectivity index (χ1v) is 9.57. The number of amides is 1. The first-order valence-electron chi connectivity index (χ1n) is 9.57. The third kappa shape index (κ3) is 3.62. The topological polar surface area (TPSA) is 107 Å². The molecule has 1 atom stereocenters. The minimum absolute atomic E-state index is 0.0252. The van der Waals surface area contributed by atoms with E-state index < -0.39 is 5.97 Å². The Kier molecular flexibility index (Phi) is 4.85. The fourth-order valence-corrected chi connectivity index (χ4v) is 4.04. The molecular weight excluding hydrogens is 358 g/mol. The first kappa shape index (κ1) is 18.2. The number of hydrogen-bond donors (Lipinski definition) is 3. The highest BCUT2D eigenvalue weighted by atomic mass is 16.4. The highest BCUT2D eigenvalue weighted by Crippen LogP contribution is 2.36. The zero-order valence-electron chi connectivity index (χ0n) is 15.7. The Balaban J connectivity index is 1.65.